The van der Waals surface area contributed by atoms with E-state index in [1.165, 1.54) is 44.8 Å². The maximum absolute atomic E-state index is 12.7. The van der Waals surface area contributed by atoms with Crippen molar-refractivity contribution < 1.29 is 28.9 Å². The van der Waals surface area contributed by atoms with Crippen molar-refractivity contribution in [1.29, 1.82) is 0 Å². The van der Waals surface area contributed by atoms with Crippen molar-refractivity contribution in [2.75, 3.05) is 26.6 Å². The number of benzene rings is 1. The molecule has 0 spiro atoms. The third-order valence-electron chi connectivity index (χ3n) is 3.93. The lowest BCUT2D eigenvalue weighted by Gasteiger charge is -2.14. The van der Waals surface area contributed by atoms with E-state index < -0.39 is 11.9 Å². The molecular weight excluding hydrogens is 358 g/mol. The van der Waals surface area contributed by atoms with E-state index in [1.807, 2.05) is 13.8 Å². The summed E-state index contributed by atoms with van der Waals surface area (Å²) in [6, 6.07) is 3.02. The molecule has 2 N–H and O–H groups in total. The van der Waals surface area contributed by atoms with Crippen LogP contribution in [0.4, 0.5) is 5.00 Å². The Bertz CT molecular complexity index is 817. The van der Waals surface area contributed by atoms with Crippen molar-refractivity contribution in [3.05, 3.63) is 33.7 Å². The van der Waals surface area contributed by atoms with Crippen LogP contribution >= 0.6 is 11.3 Å². The lowest BCUT2D eigenvalue weighted by atomic mass is 10.1. The van der Waals surface area contributed by atoms with Gasteiger partial charge in [0.25, 0.3) is 5.91 Å². The van der Waals surface area contributed by atoms with Crippen molar-refractivity contribution in [2.24, 2.45) is 0 Å². The number of thiophene rings is 1. The maximum Gasteiger partial charge on any atom is 0.339 e. The molecule has 1 aromatic heterocycles. The van der Waals surface area contributed by atoms with Gasteiger partial charge in [-0.1, -0.05) is 6.92 Å². The molecule has 140 valence electrons. The second-order valence-electron chi connectivity index (χ2n) is 5.37. The first kappa shape index (κ1) is 19.6. The van der Waals surface area contributed by atoms with Crippen molar-refractivity contribution in [3.63, 3.8) is 0 Å². The van der Waals surface area contributed by atoms with Crippen molar-refractivity contribution in [2.45, 2.75) is 20.3 Å². The van der Waals surface area contributed by atoms with Crippen molar-refractivity contribution in [3.8, 4) is 17.2 Å². The molecule has 0 aliphatic heterocycles. The summed E-state index contributed by atoms with van der Waals surface area (Å²) < 4.78 is 15.7. The second-order valence-corrected chi connectivity index (χ2v) is 6.59. The molecule has 26 heavy (non-hydrogen) atoms. The van der Waals surface area contributed by atoms with Crippen LogP contribution in [0.15, 0.2) is 12.1 Å². The van der Waals surface area contributed by atoms with Crippen molar-refractivity contribution >= 4 is 28.2 Å². The number of hydrogen-bond donors (Lipinski definition) is 2. The molecule has 8 heteroatoms. The van der Waals surface area contributed by atoms with Gasteiger partial charge in [0.2, 0.25) is 5.75 Å². The van der Waals surface area contributed by atoms with Gasteiger partial charge >= 0.3 is 5.97 Å². The van der Waals surface area contributed by atoms with Gasteiger partial charge < -0.3 is 24.6 Å². The fourth-order valence-electron chi connectivity index (χ4n) is 2.71. The number of rotatable bonds is 7. The largest absolute Gasteiger partial charge is 0.493 e. The zero-order chi connectivity index (χ0) is 19.4. The first-order valence-electron chi connectivity index (χ1n) is 7.84. The van der Waals surface area contributed by atoms with E-state index in [1.54, 1.807) is 0 Å². The minimum absolute atomic E-state index is 0.135. The number of carbonyl (C=O) groups is 2. The van der Waals surface area contributed by atoms with E-state index in [0.717, 1.165) is 10.4 Å². The minimum atomic E-state index is -1.06. The molecule has 0 bridgehead atoms. The first-order valence-corrected chi connectivity index (χ1v) is 8.66. The Balaban J connectivity index is 2.44. The Hall–Kier alpha value is -2.74. The van der Waals surface area contributed by atoms with Crippen LogP contribution < -0.4 is 19.5 Å². The van der Waals surface area contributed by atoms with Gasteiger partial charge in [0, 0.05) is 10.4 Å². The number of carbonyl (C=O) groups excluding carboxylic acids is 1. The molecule has 7 nitrogen and oxygen atoms in total. The predicted octanol–water partition coefficient (Wildman–Crippen LogP) is 3.60. The summed E-state index contributed by atoms with van der Waals surface area (Å²) >= 11 is 1.24. The van der Waals surface area contributed by atoms with E-state index in [4.69, 9.17) is 14.2 Å². The lowest BCUT2D eigenvalue weighted by Crippen LogP contribution is -2.14. The average Bonchev–Trinajstić information content (AvgIpc) is 2.95. The Morgan fingerprint density at radius 3 is 2.12 bits per heavy atom. The first-order chi connectivity index (χ1) is 12.4. The van der Waals surface area contributed by atoms with Crippen LogP contribution in [0.5, 0.6) is 17.2 Å². The van der Waals surface area contributed by atoms with E-state index >= 15 is 0 Å². The van der Waals surface area contributed by atoms with Gasteiger partial charge in [0.1, 0.15) is 5.00 Å². The van der Waals surface area contributed by atoms with Gasteiger partial charge in [-0.15, -0.1) is 11.3 Å². The van der Waals surface area contributed by atoms with E-state index in [0.29, 0.717) is 28.7 Å². The summed E-state index contributed by atoms with van der Waals surface area (Å²) in [5, 5.41) is 12.5. The number of ether oxygens (including phenoxy) is 3. The fraction of sp³-hybridized carbons (Fsp3) is 0.333. The number of amides is 1. The highest BCUT2D eigenvalue weighted by molar-refractivity contribution is 7.16. The van der Waals surface area contributed by atoms with Crippen LogP contribution in [0.3, 0.4) is 0 Å². The zero-order valence-electron chi connectivity index (χ0n) is 15.3. The highest BCUT2D eigenvalue weighted by atomic mass is 32.1. The molecule has 0 aliphatic carbocycles. The number of aromatic carboxylic acids is 1. The molecule has 0 unspecified atom stereocenters. The molecule has 1 aromatic carbocycles. The zero-order valence-corrected chi connectivity index (χ0v) is 16.1. The molecule has 2 aromatic rings. The summed E-state index contributed by atoms with van der Waals surface area (Å²) in [4.78, 5) is 25.2. The van der Waals surface area contributed by atoms with Crippen LogP contribution in [0, 0.1) is 6.92 Å². The van der Waals surface area contributed by atoms with Crippen molar-refractivity contribution in [1.82, 2.24) is 0 Å². The standard InChI is InChI=1S/C18H21NO6S/c1-6-11-9(2)26-17(14(11)18(21)22)19-16(20)10-7-12(23-3)15(25-5)13(8-10)24-4/h7-8H,6H2,1-5H3,(H,19,20)(H,21,22). The molecule has 1 amide bonds. The average molecular weight is 379 g/mol. The number of methoxy groups -OCH3 is 3. The van der Waals surface area contributed by atoms with Gasteiger partial charge in [0.15, 0.2) is 11.5 Å². The molecule has 0 aliphatic rings. The van der Waals surface area contributed by atoms with Gasteiger partial charge in [-0.25, -0.2) is 4.79 Å². The summed E-state index contributed by atoms with van der Waals surface area (Å²) in [6.07, 6.45) is 0.573. The molecular formula is C18H21NO6S. The Morgan fingerprint density at radius 1 is 1.12 bits per heavy atom. The third-order valence-corrected chi connectivity index (χ3v) is 4.99. The minimum Gasteiger partial charge on any atom is -0.493 e. The van der Waals surface area contributed by atoms with Crippen LogP contribution in [0.2, 0.25) is 0 Å². The Morgan fingerprint density at radius 2 is 1.69 bits per heavy atom. The number of anilines is 1. The van der Waals surface area contributed by atoms with Crippen LogP contribution in [-0.2, 0) is 6.42 Å². The second kappa shape index (κ2) is 8.09. The Labute approximate surface area is 155 Å². The molecule has 0 fully saturated rings. The van der Waals surface area contributed by atoms with Gasteiger partial charge in [-0.05, 0) is 31.0 Å². The molecule has 0 saturated carbocycles. The van der Waals surface area contributed by atoms with Gasteiger partial charge in [-0.3, -0.25) is 4.79 Å². The van der Waals surface area contributed by atoms with E-state index in [2.05, 4.69) is 5.32 Å². The number of aryl methyl sites for hydroxylation is 1. The smallest absolute Gasteiger partial charge is 0.339 e. The number of carboxylic acids is 1. The summed E-state index contributed by atoms with van der Waals surface area (Å²) in [6.45, 7) is 3.72. The quantitative estimate of drug-likeness (QED) is 0.763. The predicted molar refractivity (Wildman–Crippen MR) is 99.4 cm³/mol. The number of nitrogens with one attached hydrogen (secondary N) is 1. The highest BCUT2D eigenvalue weighted by Crippen LogP contribution is 2.39. The highest BCUT2D eigenvalue weighted by Gasteiger charge is 2.23. The summed E-state index contributed by atoms with van der Waals surface area (Å²) in [5.74, 6) is -0.473. The number of carboxylic acid groups (broad SMARTS) is 1. The third kappa shape index (κ3) is 3.60. The molecule has 2 rings (SSSR count). The fourth-order valence-corrected chi connectivity index (χ4v) is 3.84. The molecule has 1 heterocycles. The Kier molecular flexibility index (Phi) is 6.10. The number of hydrogen-bond acceptors (Lipinski definition) is 6. The lowest BCUT2D eigenvalue weighted by molar-refractivity contribution is 0.0697. The monoisotopic (exact) mass is 379 g/mol. The van der Waals surface area contributed by atoms with E-state index in [9.17, 15) is 14.7 Å². The van der Waals surface area contributed by atoms with E-state index in [-0.39, 0.29) is 11.1 Å². The normalized spacial score (nSPS) is 10.3. The topological polar surface area (TPSA) is 94.1 Å². The van der Waals surface area contributed by atoms with Gasteiger partial charge in [-0.2, -0.15) is 0 Å². The molecule has 0 saturated heterocycles. The summed E-state index contributed by atoms with van der Waals surface area (Å²) in [5.41, 5.74) is 1.12. The molecule has 0 atom stereocenters. The summed E-state index contributed by atoms with van der Waals surface area (Å²) in [7, 11) is 4.38. The van der Waals surface area contributed by atoms with Crippen LogP contribution in [-0.4, -0.2) is 38.3 Å². The SMILES string of the molecule is CCc1c(C)sc(NC(=O)c2cc(OC)c(OC)c(OC)c2)c1C(=O)O. The van der Waals surface area contributed by atoms with Gasteiger partial charge in [0.05, 0.1) is 26.9 Å². The van der Waals surface area contributed by atoms with Crippen LogP contribution in [0.25, 0.3) is 0 Å². The van der Waals surface area contributed by atoms with Crippen LogP contribution in [0.1, 0.15) is 38.1 Å². The molecule has 0 radical (unpaired) electrons. The maximum atomic E-state index is 12.7.